The van der Waals surface area contributed by atoms with Crippen LogP contribution in [-0.2, 0) is 32.7 Å². The Morgan fingerprint density at radius 2 is 0.841 bits per heavy atom. The number of hydrogen-bond acceptors (Lipinski definition) is 8. The third kappa shape index (κ3) is 52.5. The summed E-state index contributed by atoms with van der Waals surface area (Å²) in [7, 11) is -4.64. The summed E-state index contributed by atoms with van der Waals surface area (Å²) in [6.07, 6.45) is 70.5. The number of nitrogens with two attached hydrogens (primary N) is 1. The predicted molar refractivity (Wildman–Crippen MR) is 290 cm³/mol. The van der Waals surface area contributed by atoms with Crippen LogP contribution in [-0.4, -0.2) is 60.5 Å². The lowest BCUT2D eigenvalue weighted by atomic mass is 10.0. The molecule has 4 N–H and O–H groups in total. The third-order valence-corrected chi connectivity index (χ3v) is 12.3. The fraction of sp³-hybridized carbons (Fsp3) is 0.690. The predicted octanol–water partition coefficient (Wildman–Crippen LogP) is 16.4. The van der Waals surface area contributed by atoms with Crippen molar-refractivity contribution in [3.05, 3.63) is 97.2 Å². The summed E-state index contributed by atoms with van der Waals surface area (Å²) in [5.41, 5.74) is 5.38. The molecule has 0 spiro atoms. The van der Waals surface area contributed by atoms with E-state index in [0.717, 1.165) is 83.5 Å². The number of phosphoric ester groups is 1. The van der Waals surface area contributed by atoms with Crippen LogP contribution >= 0.6 is 7.82 Å². The normalized spacial score (nSPS) is 14.4. The van der Waals surface area contributed by atoms with E-state index in [-0.39, 0.29) is 13.0 Å². The molecule has 69 heavy (non-hydrogen) atoms. The lowest BCUT2D eigenvalue weighted by molar-refractivity contribution is -0.154. The summed E-state index contributed by atoms with van der Waals surface area (Å²) in [5, 5.41) is 8.94. The van der Waals surface area contributed by atoms with Gasteiger partial charge in [0, 0.05) is 13.0 Å². The minimum absolute atomic E-state index is 0.0185. The van der Waals surface area contributed by atoms with Gasteiger partial charge in [-0.3, -0.25) is 18.6 Å². The second kappa shape index (κ2) is 52.7. The van der Waals surface area contributed by atoms with Crippen LogP contribution in [0.2, 0.25) is 0 Å². The summed E-state index contributed by atoms with van der Waals surface area (Å²) in [5.74, 6) is -1.80. The fourth-order valence-corrected chi connectivity index (χ4v) is 7.95. The zero-order valence-electron chi connectivity index (χ0n) is 43.6. The van der Waals surface area contributed by atoms with Crippen molar-refractivity contribution in [3.63, 3.8) is 0 Å². The SMILES string of the molecule is CC/C=C\C/C=C\C/C=C\C/C=C\C/C=C\C/C=C\C/C=C\CCCCOCC(COP(=O)(O)OCC(N)C(=O)O)OC(=O)CCCCCCCCCCCCC/C=C\CCCCCCCCCC. The summed E-state index contributed by atoms with van der Waals surface area (Å²) < 4.78 is 33.5. The quantitative estimate of drug-likeness (QED) is 0.0232. The minimum Gasteiger partial charge on any atom is -0.480 e. The monoisotopic (exact) mass is 986 g/mol. The molecule has 0 aliphatic heterocycles. The van der Waals surface area contributed by atoms with Gasteiger partial charge in [-0.05, 0) is 96.3 Å². The van der Waals surface area contributed by atoms with E-state index >= 15 is 0 Å². The van der Waals surface area contributed by atoms with Crippen molar-refractivity contribution in [2.45, 2.75) is 231 Å². The van der Waals surface area contributed by atoms with E-state index < -0.39 is 45.1 Å². The summed E-state index contributed by atoms with van der Waals surface area (Å²) >= 11 is 0. The molecule has 0 saturated carbocycles. The van der Waals surface area contributed by atoms with Gasteiger partial charge in [0.1, 0.15) is 12.1 Å². The first-order chi connectivity index (χ1) is 33.7. The second-order valence-electron chi connectivity index (χ2n) is 18.0. The minimum atomic E-state index is -4.64. The molecule has 0 fully saturated rings. The number of rotatable bonds is 51. The second-order valence-corrected chi connectivity index (χ2v) is 19.4. The number of ether oxygens (including phenoxy) is 2. The van der Waals surface area contributed by atoms with Crippen LogP contribution in [0.5, 0.6) is 0 Å². The highest BCUT2D eigenvalue weighted by atomic mass is 31.2. The summed E-state index contributed by atoms with van der Waals surface area (Å²) in [6, 6.07) is -1.49. The van der Waals surface area contributed by atoms with Crippen LogP contribution in [0.15, 0.2) is 97.2 Å². The first-order valence-electron chi connectivity index (χ1n) is 27.3. The van der Waals surface area contributed by atoms with Crippen molar-refractivity contribution in [3.8, 4) is 0 Å². The molecule has 0 aromatic heterocycles. The molecule has 396 valence electrons. The summed E-state index contributed by atoms with van der Waals surface area (Å²) in [4.78, 5) is 33.8. The molecule has 0 saturated heterocycles. The number of carboxylic acid groups (broad SMARTS) is 1. The Bertz CT molecular complexity index is 1470. The van der Waals surface area contributed by atoms with E-state index in [1.807, 2.05) is 0 Å². The molecule has 3 atom stereocenters. The third-order valence-electron chi connectivity index (χ3n) is 11.3. The van der Waals surface area contributed by atoms with Gasteiger partial charge in [-0.25, -0.2) is 4.57 Å². The van der Waals surface area contributed by atoms with Crippen LogP contribution < -0.4 is 5.73 Å². The van der Waals surface area contributed by atoms with E-state index in [2.05, 4.69) is 111 Å². The average molecular weight is 986 g/mol. The molecule has 10 nitrogen and oxygen atoms in total. The molecule has 0 aromatic carbocycles. The molecule has 0 heterocycles. The highest BCUT2D eigenvalue weighted by molar-refractivity contribution is 7.47. The zero-order valence-corrected chi connectivity index (χ0v) is 44.5. The maximum Gasteiger partial charge on any atom is 0.472 e. The van der Waals surface area contributed by atoms with Crippen molar-refractivity contribution in [1.29, 1.82) is 0 Å². The van der Waals surface area contributed by atoms with Gasteiger partial charge < -0.3 is 25.2 Å². The largest absolute Gasteiger partial charge is 0.480 e. The van der Waals surface area contributed by atoms with Gasteiger partial charge in [0.2, 0.25) is 0 Å². The van der Waals surface area contributed by atoms with E-state index in [4.69, 9.17) is 29.4 Å². The summed E-state index contributed by atoms with van der Waals surface area (Å²) in [6.45, 7) is 3.67. The highest BCUT2D eigenvalue weighted by Crippen LogP contribution is 2.43. The number of aliphatic carboxylic acids is 1. The molecule has 3 unspecified atom stereocenters. The van der Waals surface area contributed by atoms with E-state index in [0.29, 0.717) is 13.0 Å². The molecular weight excluding hydrogens is 886 g/mol. The van der Waals surface area contributed by atoms with Gasteiger partial charge in [0.05, 0.1) is 19.8 Å². The van der Waals surface area contributed by atoms with Crippen LogP contribution in [0.25, 0.3) is 0 Å². The van der Waals surface area contributed by atoms with Crippen LogP contribution in [0.3, 0.4) is 0 Å². The molecule has 11 heteroatoms. The Balaban J connectivity index is 4.22. The topological polar surface area (TPSA) is 155 Å². The standard InChI is InChI=1S/C58H100NO9P/c1-3-5-7-9-11-13-15-17-19-21-23-25-27-29-31-33-35-37-39-41-43-45-47-49-51-65-52-55(53-66-69(63,64)67-54-56(59)58(61)62)68-57(60)50-48-46-44-42-40-38-36-34-32-30-28-26-24-22-20-18-16-14-12-10-8-6-4-2/h5,7,11,13,17,19,22-25,29,31,35,37,41,43,55-56H,3-4,6,8-10,12,14-16,18,20-21,26-28,30,32-34,36,38-40,42,44-54,59H2,1-2H3,(H,61,62)(H,63,64)/b7-5-,13-11-,19-17-,24-22-,25-23-,31-29-,37-35-,43-41-. The van der Waals surface area contributed by atoms with Crippen LogP contribution in [0, 0.1) is 0 Å². The number of unbranched alkanes of at least 4 members (excludes halogenated alkanes) is 21. The van der Waals surface area contributed by atoms with Gasteiger partial charge in [-0.1, -0.05) is 214 Å². The van der Waals surface area contributed by atoms with Crippen LogP contribution in [0.1, 0.15) is 219 Å². The number of carbonyl (C=O) groups excluding carboxylic acids is 1. The van der Waals surface area contributed by atoms with E-state index in [1.165, 1.54) is 109 Å². The van der Waals surface area contributed by atoms with E-state index in [1.54, 1.807) is 0 Å². The number of phosphoric acid groups is 1. The number of allylic oxidation sites excluding steroid dienone is 16. The number of carboxylic acids is 1. The van der Waals surface area contributed by atoms with Gasteiger partial charge in [0.15, 0.2) is 0 Å². The lowest BCUT2D eigenvalue weighted by Crippen LogP contribution is -2.34. The molecule has 0 rings (SSSR count). The van der Waals surface area contributed by atoms with Gasteiger partial charge >= 0.3 is 19.8 Å². The van der Waals surface area contributed by atoms with Crippen molar-refractivity contribution in [1.82, 2.24) is 0 Å². The first kappa shape index (κ1) is 65.9. The zero-order chi connectivity index (χ0) is 50.4. The van der Waals surface area contributed by atoms with Crippen molar-refractivity contribution >= 4 is 19.8 Å². The maximum atomic E-state index is 12.7. The Morgan fingerprint density at radius 3 is 1.28 bits per heavy atom. The number of esters is 1. The molecule has 0 aromatic rings. The highest BCUT2D eigenvalue weighted by Gasteiger charge is 2.27. The Labute approximate surface area is 421 Å². The van der Waals surface area contributed by atoms with Crippen molar-refractivity contribution in [2.75, 3.05) is 26.4 Å². The van der Waals surface area contributed by atoms with Gasteiger partial charge in [-0.2, -0.15) is 0 Å². The number of hydrogen-bond donors (Lipinski definition) is 3. The molecule has 0 radical (unpaired) electrons. The molecule has 0 bridgehead atoms. The van der Waals surface area contributed by atoms with Crippen LogP contribution in [0.4, 0.5) is 0 Å². The Hall–Kier alpha value is -3.11. The van der Waals surface area contributed by atoms with Crippen molar-refractivity contribution in [2.24, 2.45) is 5.73 Å². The Kier molecular flexibility index (Phi) is 50.3. The Morgan fingerprint density at radius 1 is 0.478 bits per heavy atom. The fourth-order valence-electron chi connectivity index (χ4n) is 7.17. The first-order valence-corrected chi connectivity index (χ1v) is 28.8. The number of carbonyl (C=O) groups is 2. The van der Waals surface area contributed by atoms with Gasteiger partial charge in [0.25, 0.3) is 0 Å². The lowest BCUT2D eigenvalue weighted by Gasteiger charge is -2.20. The smallest absolute Gasteiger partial charge is 0.472 e. The molecule has 0 amide bonds. The molecule has 0 aliphatic rings. The average Bonchev–Trinajstić information content (AvgIpc) is 3.33. The maximum absolute atomic E-state index is 12.7. The van der Waals surface area contributed by atoms with Crippen molar-refractivity contribution < 1.29 is 42.7 Å². The molecule has 0 aliphatic carbocycles. The van der Waals surface area contributed by atoms with Gasteiger partial charge in [-0.15, -0.1) is 0 Å². The van der Waals surface area contributed by atoms with E-state index in [9.17, 15) is 19.0 Å². The molecular formula is C58H100NO9P.